The zero-order valence-corrected chi connectivity index (χ0v) is 12.1. The number of aliphatic hydroxyl groups is 1. The monoisotopic (exact) mass is 262 g/mol. The van der Waals surface area contributed by atoms with E-state index in [1.165, 1.54) is 0 Å². The highest BCUT2D eigenvalue weighted by Gasteiger charge is 2.60. The van der Waals surface area contributed by atoms with Crippen LogP contribution in [0.5, 0.6) is 11.5 Å². The summed E-state index contributed by atoms with van der Waals surface area (Å²) in [5, 5.41) is 10.6. The summed E-state index contributed by atoms with van der Waals surface area (Å²) in [6, 6.07) is 4.10. The molecule has 3 nitrogen and oxygen atoms in total. The van der Waals surface area contributed by atoms with Crippen LogP contribution in [0.15, 0.2) is 12.1 Å². The van der Waals surface area contributed by atoms with E-state index in [2.05, 4.69) is 19.9 Å². The predicted octanol–water partition coefficient (Wildman–Crippen LogP) is 2.81. The number of hydrogen-bond donors (Lipinski definition) is 1. The third kappa shape index (κ3) is 1.48. The van der Waals surface area contributed by atoms with Crippen LogP contribution in [0.1, 0.15) is 37.8 Å². The van der Waals surface area contributed by atoms with Crippen LogP contribution in [0.25, 0.3) is 0 Å². The Labute approximate surface area is 114 Å². The summed E-state index contributed by atoms with van der Waals surface area (Å²) in [4.78, 5) is 0. The van der Waals surface area contributed by atoms with Crippen LogP contribution in [0.4, 0.5) is 0 Å². The van der Waals surface area contributed by atoms with Gasteiger partial charge in [0.05, 0.1) is 18.6 Å². The van der Waals surface area contributed by atoms with Gasteiger partial charge in [-0.25, -0.2) is 0 Å². The molecule has 1 saturated carbocycles. The molecule has 3 rings (SSSR count). The van der Waals surface area contributed by atoms with Crippen LogP contribution in [0.2, 0.25) is 0 Å². The third-order valence-corrected chi connectivity index (χ3v) is 5.25. The molecule has 2 atom stereocenters. The highest BCUT2D eigenvalue weighted by Crippen LogP contribution is 2.59. The topological polar surface area (TPSA) is 38.7 Å². The second-order valence-electron chi connectivity index (χ2n) is 6.52. The third-order valence-electron chi connectivity index (χ3n) is 5.25. The molecule has 1 N–H and O–H groups in total. The highest BCUT2D eigenvalue weighted by atomic mass is 16.5. The fourth-order valence-electron chi connectivity index (χ4n) is 3.87. The summed E-state index contributed by atoms with van der Waals surface area (Å²) in [7, 11) is 1.69. The van der Waals surface area contributed by atoms with Crippen LogP contribution in [0, 0.1) is 12.3 Å². The second-order valence-corrected chi connectivity index (χ2v) is 6.52. The van der Waals surface area contributed by atoms with E-state index < -0.39 is 0 Å². The van der Waals surface area contributed by atoms with Crippen molar-refractivity contribution in [2.24, 2.45) is 5.41 Å². The summed E-state index contributed by atoms with van der Waals surface area (Å²) in [6.45, 7) is 7.05. The molecule has 1 aromatic carbocycles. The maximum atomic E-state index is 10.6. The van der Waals surface area contributed by atoms with E-state index in [9.17, 15) is 5.11 Å². The molecular weight excluding hydrogens is 240 g/mol. The molecule has 104 valence electrons. The second kappa shape index (κ2) is 3.89. The molecule has 0 bridgehead atoms. The lowest BCUT2D eigenvalue weighted by Crippen LogP contribution is -2.46. The van der Waals surface area contributed by atoms with Gasteiger partial charge in [0.1, 0.15) is 18.1 Å². The number of ether oxygens (including phenoxy) is 2. The maximum absolute atomic E-state index is 10.6. The quantitative estimate of drug-likeness (QED) is 0.846. The largest absolute Gasteiger partial charge is 0.496 e. The fourth-order valence-corrected chi connectivity index (χ4v) is 3.87. The molecule has 1 heterocycles. The van der Waals surface area contributed by atoms with E-state index in [1.54, 1.807) is 7.11 Å². The van der Waals surface area contributed by atoms with E-state index in [1.807, 2.05) is 13.0 Å². The van der Waals surface area contributed by atoms with Gasteiger partial charge < -0.3 is 14.6 Å². The molecule has 2 aliphatic rings. The Morgan fingerprint density at radius 1 is 1.37 bits per heavy atom. The Balaban J connectivity index is 2.21. The van der Waals surface area contributed by atoms with E-state index >= 15 is 0 Å². The van der Waals surface area contributed by atoms with Gasteiger partial charge in [-0.3, -0.25) is 0 Å². The molecule has 0 saturated heterocycles. The summed E-state index contributed by atoms with van der Waals surface area (Å²) < 4.78 is 11.3. The summed E-state index contributed by atoms with van der Waals surface area (Å²) in [6.07, 6.45) is 1.52. The number of rotatable bonds is 1. The number of methoxy groups -OCH3 is 1. The van der Waals surface area contributed by atoms with Crippen LogP contribution < -0.4 is 9.47 Å². The maximum Gasteiger partial charge on any atom is 0.123 e. The number of aliphatic hydroxyl groups excluding tert-OH is 1. The van der Waals surface area contributed by atoms with Gasteiger partial charge >= 0.3 is 0 Å². The van der Waals surface area contributed by atoms with Crippen molar-refractivity contribution in [3.63, 3.8) is 0 Å². The minimum Gasteiger partial charge on any atom is -0.496 e. The molecule has 3 heteroatoms. The Kier molecular flexibility index (Phi) is 2.62. The Hall–Kier alpha value is -1.22. The first-order chi connectivity index (χ1) is 8.92. The van der Waals surface area contributed by atoms with Gasteiger partial charge in [0.15, 0.2) is 0 Å². The van der Waals surface area contributed by atoms with Gasteiger partial charge in [0.2, 0.25) is 0 Å². The lowest BCUT2D eigenvalue weighted by molar-refractivity contribution is 0.0402. The fraction of sp³-hybridized carbons (Fsp3) is 0.625. The van der Waals surface area contributed by atoms with Gasteiger partial charge in [-0.05, 0) is 42.9 Å². The Morgan fingerprint density at radius 2 is 2.11 bits per heavy atom. The van der Waals surface area contributed by atoms with Crippen LogP contribution >= 0.6 is 0 Å². The summed E-state index contributed by atoms with van der Waals surface area (Å²) in [5.74, 6) is 1.78. The van der Waals surface area contributed by atoms with Crippen LogP contribution in [0.3, 0.4) is 0 Å². The molecule has 0 unspecified atom stereocenters. The molecule has 0 amide bonds. The average Bonchev–Trinajstić information content (AvgIpc) is 2.84. The number of fused-ring (bicyclic) bond motifs is 2. The SMILES string of the molecule is COc1cc2c(cc1C)OC[C@@]21[C@H](O)CCC1(C)C. The van der Waals surface area contributed by atoms with Gasteiger partial charge in [-0.1, -0.05) is 13.8 Å². The van der Waals surface area contributed by atoms with E-state index in [-0.39, 0.29) is 16.9 Å². The average molecular weight is 262 g/mol. The molecule has 0 aromatic heterocycles. The smallest absolute Gasteiger partial charge is 0.123 e. The summed E-state index contributed by atoms with van der Waals surface area (Å²) >= 11 is 0. The van der Waals surface area contributed by atoms with Crippen molar-refractivity contribution in [2.45, 2.75) is 45.1 Å². The van der Waals surface area contributed by atoms with Gasteiger partial charge in [-0.2, -0.15) is 0 Å². The first-order valence-electron chi connectivity index (χ1n) is 6.92. The van der Waals surface area contributed by atoms with Crippen molar-refractivity contribution in [1.82, 2.24) is 0 Å². The van der Waals surface area contributed by atoms with Crippen molar-refractivity contribution in [3.8, 4) is 11.5 Å². The lowest BCUT2D eigenvalue weighted by atomic mass is 9.64. The normalized spacial score (nSPS) is 31.3. The van der Waals surface area contributed by atoms with Crippen molar-refractivity contribution in [2.75, 3.05) is 13.7 Å². The van der Waals surface area contributed by atoms with Crippen molar-refractivity contribution >= 4 is 0 Å². The standard InChI is InChI=1S/C16H22O3/c1-10-7-13-11(8-12(10)18-4)16(9-19-13)14(17)5-6-15(16,2)3/h7-8,14,17H,5-6,9H2,1-4H3/t14-,16+/m1/s1. The molecule has 0 radical (unpaired) electrons. The molecule has 1 aromatic rings. The zero-order valence-electron chi connectivity index (χ0n) is 12.1. The van der Waals surface area contributed by atoms with Gasteiger partial charge in [0.25, 0.3) is 0 Å². The Bertz CT molecular complexity index is 521. The number of aryl methyl sites for hydroxylation is 1. The van der Waals surface area contributed by atoms with E-state index in [4.69, 9.17) is 9.47 Å². The van der Waals surface area contributed by atoms with E-state index in [0.29, 0.717) is 6.61 Å². The molecular formula is C16H22O3. The predicted molar refractivity (Wildman–Crippen MR) is 73.9 cm³/mol. The molecule has 1 aliphatic heterocycles. The molecule has 1 fully saturated rings. The van der Waals surface area contributed by atoms with E-state index in [0.717, 1.165) is 35.5 Å². The van der Waals surface area contributed by atoms with Crippen molar-refractivity contribution < 1.29 is 14.6 Å². The number of hydrogen-bond acceptors (Lipinski definition) is 3. The molecule has 1 spiro atoms. The first kappa shape index (κ1) is 12.8. The van der Waals surface area contributed by atoms with Gasteiger partial charge in [0, 0.05) is 5.56 Å². The van der Waals surface area contributed by atoms with Gasteiger partial charge in [-0.15, -0.1) is 0 Å². The lowest BCUT2D eigenvalue weighted by Gasteiger charge is -2.39. The van der Waals surface area contributed by atoms with Crippen molar-refractivity contribution in [1.29, 1.82) is 0 Å². The zero-order chi connectivity index (χ0) is 13.8. The van der Waals surface area contributed by atoms with Crippen molar-refractivity contribution in [3.05, 3.63) is 23.3 Å². The molecule has 1 aliphatic carbocycles. The Morgan fingerprint density at radius 3 is 2.68 bits per heavy atom. The minimum atomic E-state index is -0.337. The number of benzene rings is 1. The van der Waals surface area contributed by atoms with Crippen LogP contribution in [-0.4, -0.2) is 24.9 Å². The first-order valence-corrected chi connectivity index (χ1v) is 6.92. The van der Waals surface area contributed by atoms with Crippen LogP contribution in [-0.2, 0) is 5.41 Å². The highest BCUT2D eigenvalue weighted by molar-refractivity contribution is 5.54. The summed E-state index contributed by atoms with van der Waals surface area (Å²) in [5.41, 5.74) is 1.94. The molecule has 19 heavy (non-hydrogen) atoms. The minimum absolute atomic E-state index is 0.0396.